The topological polar surface area (TPSA) is 26.3 Å². The number of carbonyl (C=O) groups is 1. The van der Waals surface area contributed by atoms with Gasteiger partial charge >= 0.3 is 0 Å². The molecule has 0 radical (unpaired) electrons. The monoisotopic (exact) mass is 286 g/mol. The molecule has 0 unspecified atom stereocenters. The lowest BCUT2D eigenvalue weighted by Crippen LogP contribution is -1.99. The van der Waals surface area contributed by atoms with Crippen LogP contribution in [-0.2, 0) is 0 Å². The van der Waals surface area contributed by atoms with E-state index < -0.39 is 0 Å². The van der Waals surface area contributed by atoms with Gasteiger partial charge in [0.1, 0.15) is 5.75 Å². The van der Waals surface area contributed by atoms with E-state index in [2.05, 4.69) is 32.0 Å². The molecule has 0 heterocycles. The summed E-state index contributed by atoms with van der Waals surface area (Å²) in [5.74, 6) is 0.653. The van der Waals surface area contributed by atoms with Crippen molar-refractivity contribution >= 4 is 17.5 Å². The largest absolute Gasteiger partial charge is 0.496 e. The van der Waals surface area contributed by atoms with Crippen molar-refractivity contribution < 1.29 is 9.53 Å². The molecule has 0 saturated carbocycles. The molecule has 0 aliphatic heterocycles. The molecule has 0 bridgehead atoms. The van der Waals surface area contributed by atoms with E-state index in [4.69, 9.17) is 4.74 Å². The Balaban J connectivity index is 2.42. The molecule has 0 atom stereocenters. The van der Waals surface area contributed by atoms with Crippen LogP contribution in [0.5, 0.6) is 5.75 Å². The predicted molar refractivity (Wildman–Crippen MR) is 83.0 cm³/mol. The van der Waals surface area contributed by atoms with E-state index in [0.29, 0.717) is 11.3 Å². The molecule has 3 heteroatoms. The van der Waals surface area contributed by atoms with Crippen LogP contribution in [0.3, 0.4) is 0 Å². The first-order valence-electron chi connectivity index (χ1n) is 6.46. The van der Waals surface area contributed by atoms with Crippen molar-refractivity contribution in [2.24, 2.45) is 0 Å². The normalized spacial score (nSPS) is 10.4. The van der Waals surface area contributed by atoms with Crippen LogP contribution in [0.25, 0.3) is 0 Å². The van der Waals surface area contributed by atoms with E-state index >= 15 is 0 Å². The fourth-order valence-corrected chi connectivity index (χ4v) is 3.14. The molecule has 0 spiro atoms. The fourth-order valence-electron chi connectivity index (χ4n) is 2.02. The van der Waals surface area contributed by atoms with Gasteiger partial charge in [0.25, 0.3) is 0 Å². The van der Waals surface area contributed by atoms with Crippen molar-refractivity contribution in [3.05, 3.63) is 53.1 Å². The lowest BCUT2D eigenvalue weighted by molar-refractivity contribution is 0.101. The number of ketones is 1. The van der Waals surface area contributed by atoms with Gasteiger partial charge < -0.3 is 4.74 Å². The number of methoxy groups -OCH3 is 1. The second kappa shape index (κ2) is 6.14. The van der Waals surface area contributed by atoms with E-state index in [1.807, 2.05) is 18.2 Å². The van der Waals surface area contributed by atoms with Gasteiger partial charge in [-0.15, -0.1) is 0 Å². The summed E-state index contributed by atoms with van der Waals surface area (Å²) < 4.78 is 5.29. The molecule has 20 heavy (non-hydrogen) atoms. The minimum Gasteiger partial charge on any atom is -0.496 e. The summed E-state index contributed by atoms with van der Waals surface area (Å²) in [5.41, 5.74) is 3.17. The highest BCUT2D eigenvalue weighted by Gasteiger charge is 2.14. The Kier molecular flexibility index (Phi) is 4.50. The second-order valence-electron chi connectivity index (χ2n) is 4.74. The highest BCUT2D eigenvalue weighted by Crippen LogP contribution is 2.35. The molecule has 0 fully saturated rings. The summed E-state index contributed by atoms with van der Waals surface area (Å²) in [7, 11) is 1.59. The quantitative estimate of drug-likeness (QED) is 0.764. The number of hydrogen-bond donors (Lipinski definition) is 0. The van der Waals surface area contributed by atoms with E-state index in [0.717, 1.165) is 9.79 Å². The maximum absolute atomic E-state index is 11.9. The average molecular weight is 286 g/mol. The second-order valence-corrected chi connectivity index (χ2v) is 5.85. The molecule has 104 valence electrons. The van der Waals surface area contributed by atoms with Crippen molar-refractivity contribution in [3.8, 4) is 5.75 Å². The SMILES string of the molecule is COc1cccc(Sc2ccc(C)c(C)c2)c1C(C)=O. The van der Waals surface area contributed by atoms with Crippen molar-refractivity contribution in [1.82, 2.24) is 0 Å². The van der Waals surface area contributed by atoms with Crippen molar-refractivity contribution in [2.75, 3.05) is 7.11 Å². The number of Topliss-reactive ketones (excluding diaryl/α,β-unsaturated/α-hetero) is 1. The Bertz CT molecular complexity index is 647. The van der Waals surface area contributed by atoms with Gasteiger partial charge in [0, 0.05) is 9.79 Å². The van der Waals surface area contributed by atoms with Gasteiger partial charge in [-0.1, -0.05) is 23.9 Å². The van der Waals surface area contributed by atoms with Gasteiger partial charge in [-0.05, 0) is 56.2 Å². The molecule has 2 aromatic carbocycles. The van der Waals surface area contributed by atoms with E-state index in [1.54, 1.807) is 25.8 Å². The highest BCUT2D eigenvalue weighted by atomic mass is 32.2. The van der Waals surface area contributed by atoms with Gasteiger partial charge in [0.2, 0.25) is 0 Å². The first-order valence-corrected chi connectivity index (χ1v) is 7.27. The van der Waals surface area contributed by atoms with Crippen molar-refractivity contribution in [1.29, 1.82) is 0 Å². The summed E-state index contributed by atoms with van der Waals surface area (Å²) >= 11 is 1.59. The zero-order valence-corrected chi connectivity index (χ0v) is 13.0. The van der Waals surface area contributed by atoms with Gasteiger partial charge in [0.15, 0.2) is 5.78 Å². The maximum Gasteiger partial charge on any atom is 0.164 e. The number of rotatable bonds is 4. The minimum absolute atomic E-state index is 0.0220. The van der Waals surface area contributed by atoms with Crippen LogP contribution in [0.4, 0.5) is 0 Å². The third-order valence-corrected chi connectivity index (χ3v) is 4.32. The van der Waals surface area contributed by atoms with Crippen LogP contribution in [0.15, 0.2) is 46.2 Å². The molecule has 0 aliphatic rings. The first kappa shape index (κ1) is 14.7. The molecule has 0 aromatic heterocycles. The van der Waals surface area contributed by atoms with Crippen LogP contribution >= 0.6 is 11.8 Å². The molecule has 2 aromatic rings. The summed E-state index contributed by atoms with van der Waals surface area (Å²) in [5, 5.41) is 0. The van der Waals surface area contributed by atoms with Crippen LogP contribution < -0.4 is 4.74 Å². The van der Waals surface area contributed by atoms with Crippen LogP contribution in [0, 0.1) is 13.8 Å². The summed E-state index contributed by atoms with van der Waals surface area (Å²) in [6, 6.07) is 12.0. The molecular formula is C17H18O2S. The minimum atomic E-state index is 0.0220. The van der Waals surface area contributed by atoms with Crippen molar-refractivity contribution in [2.45, 2.75) is 30.6 Å². The molecule has 0 N–H and O–H groups in total. The van der Waals surface area contributed by atoms with Gasteiger partial charge in [-0.2, -0.15) is 0 Å². The molecule has 2 nitrogen and oxygen atoms in total. The standard InChI is InChI=1S/C17H18O2S/c1-11-8-9-14(10-12(11)2)20-16-7-5-6-15(19-4)17(16)13(3)18/h5-10H,1-4H3. The number of carbonyl (C=O) groups excluding carboxylic acids is 1. The molecule has 0 aliphatic carbocycles. The number of hydrogen-bond acceptors (Lipinski definition) is 3. The number of aryl methyl sites for hydroxylation is 2. The molecule has 2 rings (SSSR count). The smallest absolute Gasteiger partial charge is 0.164 e. The number of benzene rings is 2. The first-order chi connectivity index (χ1) is 9.52. The highest BCUT2D eigenvalue weighted by molar-refractivity contribution is 7.99. The molecular weight excluding hydrogens is 268 g/mol. The zero-order chi connectivity index (χ0) is 14.7. The van der Waals surface area contributed by atoms with Gasteiger partial charge in [0.05, 0.1) is 12.7 Å². The Morgan fingerprint density at radius 1 is 1.10 bits per heavy atom. The van der Waals surface area contributed by atoms with Crippen LogP contribution in [-0.4, -0.2) is 12.9 Å². The van der Waals surface area contributed by atoms with E-state index in [-0.39, 0.29) is 5.78 Å². The van der Waals surface area contributed by atoms with Crippen LogP contribution in [0.2, 0.25) is 0 Å². The average Bonchev–Trinajstić information content (AvgIpc) is 2.42. The molecule has 0 saturated heterocycles. The predicted octanol–water partition coefficient (Wildman–Crippen LogP) is 4.67. The zero-order valence-electron chi connectivity index (χ0n) is 12.2. The maximum atomic E-state index is 11.9. The Labute approximate surface area is 124 Å². The van der Waals surface area contributed by atoms with Gasteiger partial charge in [-0.25, -0.2) is 0 Å². The van der Waals surface area contributed by atoms with Crippen LogP contribution in [0.1, 0.15) is 28.4 Å². The summed E-state index contributed by atoms with van der Waals surface area (Å²) in [4.78, 5) is 13.9. The molecule has 0 amide bonds. The lowest BCUT2D eigenvalue weighted by Gasteiger charge is -2.12. The van der Waals surface area contributed by atoms with E-state index in [1.165, 1.54) is 11.1 Å². The summed E-state index contributed by atoms with van der Waals surface area (Å²) in [6.07, 6.45) is 0. The van der Waals surface area contributed by atoms with Crippen molar-refractivity contribution in [3.63, 3.8) is 0 Å². The third-order valence-electron chi connectivity index (χ3n) is 3.27. The Morgan fingerprint density at radius 2 is 1.85 bits per heavy atom. The fraction of sp³-hybridized carbons (Fsp3) is 0.235. The Hall–Kier alpha value is -1.74. The third kappa shape index (κ3) is 3.05. The van der Waals surface area contributed by atoms with E-state index in [9.17, 15) is 4.79 Å². The Morgan fingerprint density at radius 3 is 2.45 bits per heavy atom. The lowest BCUT2D eigenvalue weighted by atomic mass is 10.1. The summed E-state index contributed by atoms with van der Waals surface area (Å²) in [6.45, 7) is 5.76. The number of ether oxygens (including phenoxy) is 1. The van der Waals surface area contributed by atoms with Gasteiger partial charge in [-0.3, -0.25) is 4.79 Å².